The van der Waals surface area contributed by atoms with Crippen LogP contribution in [0.1, 0.15) is 53.9 Å². The van der Waals surface area contributed by atoms with Gasteiger partial charge in [-0.05, 0) is 52.6 Å². The van der Waals surface area contributed by atoms with E-state index in [9.17, 15) is 29.1 Å². The van der Waals surface area contributed by atoms with E-state index in [1.54, 1.807) is 30.3 Å². The van der Waals surface area contributed by atoms with Crippen molar-refractivity contribution in [3.05, 3.63) is 157 Å². The van der Waals surface area contributed by atoms with Crippen molar-refractivity contribution in [1.29, 1.82) is 0 Å². The molecule has 3 N–H and O–H groups in total. The normalized spacial score (nSPS) is 13.0. The predicted octanol–water partition coefficient (Wildman–Crippen LogP) is 6.23. The highest BCUT2D eigenvalue weighted by Gasteiger charge is 2.33. The number of aliphatic hydroxyl groups is 1. The summed E-state index contributed by atoms with van der Waals surface area (Å²) in [5, 5.41) is 14.9. The zero-order valence-electron chi connectivity index (χ0n) is 33.0. The summed E-state index contributed by atoms with van der Waals surface area (Å²) >= 11 is 0. The molecule has 0 fully saturated rings. The highest BCUT2D eigenvalue weighted by molar-refractivity contribution is 5.90. The summed E-state index contributed by atoms with van der Waals surface area (Å²) < 4.78 is 16.8. The number of nitrogens with one attached hydrogen (secondary N) is 2. The van der Waals surface area contributed by atoms with E-state index in [4.69, 9.17) is 14.2 Å². The molecule has 0 bridgehead atoms. The van der Waals surface area contributed by atoms with Crippen LogP contribution in [0, 0.1) is 5.92 Å². The lowest BCUT2D eigenvalue weighted by Crippen LogP contribution is -2.49. The van der Waals surface area contributed by atoms with E-state index in [-0.39, 0.29) is 64.0 Å². The van der Waals surface area contributed by atoms with E-state index in [1.165, 1.54) is 11.0 Å². The van der Waals surface area contributed by atoms with Crippen molar-refractivity contribution in [3.63, 3.8) is 0 Å². The number of amides is 3. The van der Waals surface area contributed by atoms with Gasteiger partial charge in [0.1, 0.15) is 25.9 Å². The fourth-order valence-electron chi connectivity index (χ4n) is 6.91. The van der Waals surface area contributed by atoms with Crippen molar-refractivity contribution >= 4 is 29.8 Å². The van der Waals surface area contributed by atoms with Crippen LogP contribution in [0.2, 0.25) is 0 Å². The Kier molecular flexibility index (Phi) is 16.6. The Balaban J connectivity index is 1.25. The number of benzene rings is 4. The Morgan fingerprint density at radius 3 is 1.92 bits per heavy atom. The molecule has 5 rings (SSSR count). The second kappa shape index (κ2) is 22.4. The van der Waals surface area contributed by atoms with Gasteiger partial charge in [-0.15, -0.1) is 13.2 Å². The largest absolute Gasteiger partial charge is 0.461 e. The summed E-state index contributed by atoms with van der Waals surface area (Å²) in [6.07, 6.45) is 2.57. The molecule has 0 unspecified atom stereocenters. The summed E-state index contributed by atoms with van der Waals surface area (Å²) in [5.74, 6) is -3.94. The van der Waals surface area contributed by atoms with Crippen LogP contribution < -0.4 is 10.6 Å². The van der Waals surface area contributed by atoms with Crippen LogP contribution >= 0.6 is 0 Å². The minimum atomic E-state index is -1.47. The number of hydrogen-bond donors (Lipinski definition) is 3. The lowest BCUT2D eigenvalue weighted by atomic mass is 9.98. The van der Waals surface area contributed by atoms with Gasteiger partial charge >= 0.3 is 18.0 Å². The van der Waals surface area contributed by atoms with E-state index < -0.39 is 48.5 Å². The molecule has 0 spiro atoms. The molecule has 0 saturated heterocycles. The molecule has 0 heterocycles. The molecule has 1 aliphatic rings. The highest BCUT2D eigenvalue weighted by Crippen LogP contribution is 2.44. The Hall–Kier alpha value is -6.53. The number of nitrogens with zero attached hydrogens (tertiary/aromatic N) is 1. The number of ether oxygens (including phenoxy) is 3. The fourth-order valence-corrected chi connectivity index (χ4v) is 6.91. The molecule has 12 heteroatoms. The second-order valence-electron chi connectivity index (χ2n) is 14.1. The molecule has 4 aromatic carbocycles. The van der Waals surface area contributed by atoms with Crippen LogP contribution in [0.3, 0.4) is 0 Å². The number of allylic oxidation sites excluding steroid dienone is 2. The van der Waals surface area contributed by atoms with Gasteiger partial charge in [0.15, 0.2) is 6.04 Å². The first-order chi connectivity index (χ1) is 28.7. The molecule has 3 atom stereocenters. The molecule has 4 aromatic rings. The average molecular weight is 802 g/mol. The van der Waals surface area contributed by atoms with Crippen LogP contribution in [0.5, 0.6) is 0 Å². The Bertz CT molecular complexity index is 2010. The van der Waals surface area contributed by atoms with Crippen LogP contribution in [0.15, 0.2) is 135 Å². The Labute approximate surface area is 344 Å². The van der Waals surface area contributed by atoms with Crippen molar-refractivity contribution < 1.29 is 43.3 Å². The SMILES string of the molecule is C=CCC[C@H](NC(=O)OCC1c2ccccc2-c2ccccc21)C(=O)OC[C@@H](NC(=O)[C@@H](CC=C)CC(=O)N(CCO)Cc1ccccc1)C(=O)OCc1ccccc1. The monoisotopic (exact) mass is 801 g/mol. The first kappa shape index (κ1) is 43.6. The quantitative estimate of drug-likeness (QED) is 0.0476. The number of rotatable bonds is 22. The van der Waals surface area contributed by atoms with E-state index in [1.807, 2.05) is 84.9 Å². The molecule has 59 heavy (non-hydrogen) atoms. The third-order valence-electron chi connectivity index (χ3n) is 9.98. The number of alkyl carbamates (subject to hydrolysis) is 1. The summed E-state index contributed by atoms with van der Waals surface area (Å²) in [6.45, 7) is 6.75. The number of hydrogen-bond acceptors (Lipinski definition) is 9. The van der Waals surface area contributed by atoms with E-state index in [0.717, 1.165) is 27.8 Å². The maximum atomic E-state index is 13.8. The number of fused-ring (bicyclic) bond motifs is 3. The van der Waals surface area contributed by atoms with Crippen LogP contribution in [0.4, 0.5) is 4.79 Å². The third kappa shape index (κ3) is 12.5. The first-order valence-corrected chi connectivity index (χ1v) is 19.7. The minimum Gasteiger partial charge on any atom is -0.461 e. The average Bonchev–Trinajstić information content (AvgIpc) is 3.58. The Morgan fingerprint density at radius 1 is 0.712 bits per heavy atom. The van der Waals surface area contributed by atoms with Gasteiger partial charge in [0.25, 0.3) is 0 Å². The van der Waals surface area contributed by atoms with Gasteiger partial charge < -0.3 is 34.9 Å². The number of aliphatic hydroxyl groups excluding tert-OH is 1. The van der Waals surface area contributed by atoms with Gasteiger partial charge in [-0.25, -0.2) is 14.4 Å². The summed E-state index contributed by atoms with van der Waals surface area (Å²) in [7, 11) is 0. The zero-order chi connectivity index (χ0) is 42.0. The van der Waals surface area contributed by atoms with E-state index >= 15 is 0 Å². The molecule has 0 saturated carbocycles. The molecule has 1 aliphatic carbocycles. The predicted molar refractivity (Wildman–Crippen MR) is 222 cm³/mol. The Morgan fingerprint density at radius 2 is 1.31 bits per heavy atom. The third-order valence-corrected chi connectivity index (χ3v) is 9.98. The van der Waals surface area contributed by atoms with Crippen molar-refractivity contribution in [2.75, 3.05) is 26.4 Å². The summed E-state index contributed by atoms with van der Waals surface area (Å²) in [5.41, 5.74) is 5.75. The lowest BCUT2D eigenvalue weighted by Gasteiger charge is -2.25. The van der Waals surface area contributed by atoms with Crippen LogP contribution in [-0.4, -0.2) is 78.3 Å². The second-order valence-corrected chi connectivity index (χ2v) is 14.1. The molecule has 3 amide bonds. The fraction of sp³-hybridized carbons (Fsp3) is 0.298. The molecule has 0 aliphatic heterocycles. The topological polar surface area (TPSA) is 161 Å². The van der Waals surface area contributed by atoms with Crippen LogP contribution in [-0.2, 0) is 46.5 Å². The smallest absolute Gasteiger partial charge is 0.407 e. The van der Waals surface area contributed by atoms with Crippen molar-refractivity contribution in [2.24, 2.45) is 5.92 Å². The highest BCUT2D eigenvalue weighted by atomic mass is 16.6. The zero-order valence-corrected chi connectivity index (χ0v) is 33.0. The van der Waals surface area contributed by atoms with Gasteiger partial charge in [-0.3, -0.25) is 9.59 Å². The molecule has 0 aromatic heterocycles. The number of carbonyl (C=O) groups excluding carboxylic acids is 5. The molecular formula is C47H51N3O9. The standard InChI is InChI=1S/C47H51N3O9/c1-3-5-25-41(49-47(56)59-31-40-38-23-14-12-21-36(38)37-22-13-15-24-39(37)40)45(54)58-32-42(46(55)57-30-34-19-10-7-11-20-34)48-44(53)35(16-4-2)28-43(52)50(26-27-51)29-33-17-8-6-9-18-33/h3-4,6-15,17-24,35,40-42,51H,1-2,5,16,25-32H2,(H,48,53)(H,49,56)/t35-,41-,42+/m0/s1. The van der Waals surface area contributed by atoms with Gasteiger partial charge in [0.2, 0.25) is 11.8 Å². The lowest BCUT2D eigenvalue weighted by molar-refractivity contribution is -0.156. The summed E-state index contributed by atoms with van der Waals surface area (Å²) in [6, 6.07) is 31.4. The van der Waals surface area contributed by atoms with Crippen molar-refractivity contribution in [1.82, 2.24) is 15.5 Å². The van der Waals surface area contributed by atoms with E-state index in [0.29, 0.717) is 12.0 Å². The molecule has 12 nitrogen and oxygen atoms in total. The van der Waals surface area contributed by atoms with Gasteiger partial charge in [-0.2, -0.15) is 0 Å². The van der Waals surface area contributed by atoms with E-state index in [2.05, 4.69) is 23.8 Å². The molecule has 0 radical (unpaired) electrons. The van der Waals surface area contributed by atoms with Gasteiger partial charge in [0, 0.05) is 25.4 Å². The molecular weight excluding hydrogens is 751 g/mol. The van der Waals surface area contributed by atoms with Crippen LogP contribution in [0.25, 0.3) is 11.1 Å². The van der Waals surface area contributed by atoms with Crippen molar-refractivity contribution in [2.45, 2.75) is 56.8 Å². The van der Waals surface area contributed by atoms with Gasteiger partial charge in [0.05, 0.1) is 12.5 Å². The summed E-state index contributed by atoms with van der Waals surface area (Å²) in [4.78, 5) is 69.0. The van der Waals surface area contributed by atoms with Gasteiger partial charge in [-0.1, -0.05) is 121 Å². The maximum absolute atomic E-state index is 13.8. The number of esters is 2. The number of carbonyl (C=O) groups is 5. The minimum absolute atomic E-state index is 0.0306. The molecule has 308 valence electrons. The first-order valence-electron chi connectivity index (χ1n) is 19.7. The maximum Gasteiger partial charge on any atom is 0.407 e. The van der Waals surface area contributed by atoms with Crippen molar-refractivity contribution in [3.8, 4) is 11.1 Å².